The van der Waals surface area contributed by atoms with E-state index >= 15 is 0 Å². The monoisotopic (exact) mass is 266 g/mol. The molecule has 7 nitrogen and oxygen atoms in total. The molecule has 1 aromatic rings. The van der Waals surface area contributed by atoms with Gasteiger partial charge in [-0.15, -0.1) is 0 Å². The van der Waals surface area contributed by atoms with Crippen molar-refractivity contribution >= 4 is 17.4 Å². The Morgan fingerprint density at radius 2 is 2.16 bits per heavy atom. The van der Waals surface area contributed by atoms with Gasteiger partial charge in [0.2, 0.25) is 0 Å². The van der Waals surface area contributed by atoms with E-state index in [0.717, 1.165) is 0 Å². The molecule has 102 valence electrons. The Morgan fingerprint density at radius 3 is 2.63 bits per heavy atom. The first-order chi connectivity index (χ1) is 8.90. The Morgan fingerprint density at radius 1 is 1.53 bits per heavy atom. The van der Waals surface area contributed by atoms with E-state index < -0.39 is 28.3 Å². The van der Waals surface area contributed by atoms with Crippen molar-refractivity contribution in [1.29, 1.82) is 0 Å². The molecule has 1 heterocycles. The van der Waals surface area contributed by atoms with Crippen molar-refractivity contribution < 1.29 is 19.2 Å². The fraction of sp³-hybridized carbons (Fsp3) is 0.417. The molecule has 1 atom stereocenters. The summed E-state index contributed by atoms with van der Waals surface area (Å²) in [7, 11) is 0. The van der Waals surface area contributed by atoms with Crippen LogP contribution in [0.1, 0.15) is 42.7 Å². The standard InChI is InChI=1S/C12H14N2O5/c1-4-19-12(16)7(2)10-11(14(17)18)9(8(3)15)5-6-13-10/h5-7H,4H2,1-3H3. The predicted molar refractivity (Wildman–Crippen MR) is 65.9 cm³/mol. The molecule has 0 amide bonds. The summed E-state index contributed by atoms with van der Waals surface area (Å²) in [5.41, 5.74) is -0.558. The number of carbonyl (C=O) groups excluding carboxylic acids is 2. The van der Waals surface area contributed by atoms with E-state index in [1.54, 1.807) is 6.92 Å². The molecule has 0 bridgehead atoms. The number of rotatable bonds is 5. The van der Waals surface area contributed by atoms with Crippen LogP contribution in [0.4, 0.5) is 5.69 Å². The number of Topliss-reactive ketones (excluding diaryl/α,β-unsaturated/α-hetero) is 1. The predicted octanol–water partition coefficient (Wildman–Crippen LogP) is 1.86. The van der Waals surface area contributed by atoms with Crippen LogP contribution in [0, 0.1) is 10.1 Å². The molecule has 0 radical (unpaired) electrons. The minimum Gasteiger partial charge on any atom is -0.465 e. The largest absolute Gasteiger partial charge is 0.465 e. The molecule has 0 aliphatic carbocycles. The van der Waals surface area contributed by atoms with E-state index in [2.05, 4.69) is 4.98 Å². The maximum atomic E-state index is 11.6. The Kier molecular flexibility index (Phi) is 4.68. The van der Waals surface area contributed by atoms with Crippen molar-refractivity contribution in [3.63, 3.8) is 0 Å². The van der Waals surface area contributed by atoms with Gasteiger partial charge in [-0.2, -0.15) is 0 Å². The van der Waals surface area contributed by atoms with E-state index in [1.807, 2.05) is 0 Å². The molecule has 0 aliphatic heterocycles. The first kappa shape index (κ1) is 14.7. The zero-order valence-electron chi connectivity index (χ0n) is 10.9. The SMILES string of the molecule is CCOC(=O)C(C)c1nccc(C(C)=O)c1[N+](=O)[O-]. The lowest BCUT2D eigenvalue weighted by Gasteiger charge is -2.11. The van der Waals surface area contributed by atoms with E-state index in [1.165, 1.54) is 26.1 Å². The second-order valence-corrected chi connectivity index (χ2v) is 3.88. The third kappa shape index (κ3) is 3.12. The lowest BCUT2D eigenvalue weighted by atomic mass is 10.0. The maximum absolute atomic E-state index is 11.6. The van der Waals surface area contributed by atoms with Gasteiger partial charge in [-0.3, -0.25) is 24.7 Å². The zero-order chi connectivity index (χ0) is 14.6. The lowest BCUT2D eigenvalue weighted by molar-refractivity contribution is -0.386. The fourth-order valence-electron chi connectivity index (χ4n) is 1.64. The van der Waals surface area contributed by atoms with Crippen LogP contribution in [0.5, 0.6) is 0 Å². The van der Waals surface area contributed by atoms with Gasteiger partial charge in [0.05, 0.1) is 17.1 Å². The van der Waals surface area contributed by atoms with Gasteiger partial charge in [-0.1, -0.05) is 0 Å². The number of ketones is 1. The molecule has 1 rings (SSSR count). The summed E-state index contributed by atoms with van der Waals surface area (Å²) < 4.78 is 4.81. The number of hydrogen-bond donors (Lipinski definition) is 0. The van der Waals surface area contributed by atoms with Crippen LogP contribution in [-0.4, -0.2) is 28.3 Å². The molecule has 1 unspecified atom stereocenters. The highest BCUT2D eigenvalue weighted by Gasteiger charge is 2.30. The number of aromatic nitrogens is 1. The second kappa shape index (κ2) is 6.03. The van der Waals surface area contributed by atoms with Gasteiger partial charge in [0.25, 0.3) is 0 Å². The summed E-state index contributed by atoms with van der Waals surface area (Å²) in [6.45, 7) is 4.49. The second-order valence-electron chi connectivity index (χ2n) is 3.88. The summed E-state index contributed by atoms with van der Waals surface area (Å²) in [6.07, 6.45) is 1.27. The first-order valence-corrected chi connectivity index (χ1v) is 5.71. The number of esters is 1. The Hall–Kier alpha value is -2.31. The molecule has 0 aliphatic rings. The van der Waals surface area contributed by atoms with Gasteiger partial charge in [-0.05, 0) is 26.8 Å². The number of nitrogens with zero attached hydrogens (tertiary/aromatic N) is 2. The molecule has 0 spiro atoms. The topological polar surface area (TPSA) is 99.4 Å². The van der Waals surface area contributed by atoms with Crippen molar-refractivity contribution in [2.75, 3.05) is 6.61 Å². The Bertz CT molecular complexity index is 527. The molecule has 0 aromatic carbocycles. The zero-order valence-corrected chi connectivity index (χ0v) is 10.9. The highest BCUT2D eigenvalue weighted by molar-refractivity contribution is 5.98. The molecular weight excluding hydrogens is 252 g/mol. The molecule has 1 aromatic heterocycles. The highest BCUT2D eigenvalue weighted by Crippen LogP contribution is 2.29. The average molecular weight is 266 g/mol. The molecule has 7 heteroatoms. The number of carbonyl (C=O) groups is 2. The molecule has 0 fully saturated rings. The van der Waals surface area contributed by atoms with Gasteiger partial charge in [-0.25, -0.2) is 0 Å². The molecule has 0 N–H and O–H groups in total. The van der Waals surface area contributed by atoms with E-state index in [4.69, 9.17) is 4.74 Å². The lowest BCUT2D eigenvalue weighted by Crippen LogP contribution is -2.17. The highest BCUT2D eigenvalue weighted by atomic mass is 16.6. The van der Waals surface area contributed by atoms with Crippen molar-refractivity contribution in [3.05, 3.63) is 33.6 Å². The van der Waals surface area contributed by atoms with Crippen LogP contribution in [0.25, 0.3) is 0 Å². The summed E-state index contributed by atoms with van der Waals surface area (Å²) in [5.74, 6) is -1.97. The normalized spacial score (nSPS) is 11.7. The van der Waals surface area contributed by atoms with Gasteiger partial charge >= 0.3 is 11.7 Å². The summed E-state index contributed by atoms with van der Waals surface area (Å²) in [6, 6.07) is 1.27. The number of hydrogen-bond acceptors (Lipinski definition) is 6. The Balaban J connectivity index is 3.35. The number of ether oxygens (including phenoxy) is 1. The number of pyridine rings is 1. The maximum Gasteiger partial charge on any atom is 0.315 e. The van der Waals surface area contributed by atoms with Crippen LogP contribution >= 0.6 is 0 Å². The third-order valence-electron chi connectivity index (χ3n) is 2.56. The van der Waals surface area contributed by atoms with E-state index in [9.17, 15) is 19.7 Å². The van der Waals surface area contributed by atoms with Gasteiger partial charge in [0.1, 0.15) is 11.6 Å². The van der Waals surface area contributed by atoms with Crippen molar-refractivity contribution in [1.82, 2.24) is 4.98 Å². The average Bonchev–Trinajstić information content (AvgIpc) is 2.36. The smallest absolute Gasteiger partial charge is 0.315 e. The summed E-state index contributed by atoms with van der Waals surface area (Å²) in [5, 5.41) is 11.1. The minimum atomic E-state index is -0.903. The van der Waals surface area contributed by atoms with Gasteiger partial charge in [0.15, 0.2) is 5.78 Å². The molecule has 0 saturated heterocycles. The fourth-order valence-corrected chi connectivity index (χ4v) is 1.64. The Labute approximate surface area is 109 Å². The van der Waals surface area contributed by atoms with Crippen molar-refractivity contribution in [3.8, 4) is 0 Å². The third-order valence-corrected chi connectivity index (χ3v) is 2.56. The summed E-state index contributed by atoms with van der Waals surface area (Å²) in [4.78, 5) is 37.3. The summed E-state index contributed by atoms with van der Waals surface area (Å²) >= 11 is 0. The first-order valence-electron chi connectivity index (χ1n) is 5.71. The number of nitro groups is 1. The quantitative estimate of drug-likeness (QED) is 0.349. The molecular formula is C12H14N2O5. The van der Waals surface area contributed by atoms with E-state index in [0.29, 0.717) is 0 Å². The van der Waals surface area contributed by atoms with Crippen molar-refractivity contribution in [2.24, 2.45) is 0 Å². The minimum absolute atomic E-state index is 0.0591. The van der Waals surface area contributed by atoms with Crippen LogP contribution in [0.2, 0.25) is 0 Å². The van der Waals surface area contributed by atoms with Crippen molar-refractivity contribution in [2.45, 2.75) is 26.7 Å². The van der Waals surface area contributed by atoms with Crippen LogP contribution < -0.4 is 0 Å². The van der Waals surface area contributed by atoms with Gasteiger partial charge < -0.3 is 4.74 Å². The van der Waals surface area contributed by atoms with Crippen LogP contribution in [0.15, 0.2) is 12.3 Å². The molecule has 0 saturated carbocycles. The molecule has 19 heavy (non-hydrogen) atoms. The van der Waals surface area contributed by atoms with Crippen LogP contribution in [-0.2, 0) is 9.53 Å². The van der Waals surface area contributed by atoms with Crippen LogP contribution in [0.3, 0.4) is 0 Å². The van der Waals surface area contributed by atoms with Gasteiger partial charge in [0, 0.05) is 6.20 Å². The van der Waals surface area contributed by atoms with E-state index in [-0.39, 0.29) is 17.9 Å².